The molecule has 1 aromatic heterocycles. The molecule has 0 fully saturated rings. The van der Waals surface area contributed by atoms with Crippen molar-refractivity contribution in [3.8, 4) is 0 Å². The first kappa shape index (κ1) is 15.7. The summed E-state index contributed by atoms with van der Waals surface area (Å²) in [5.74, 6) is -1.16. The fourth-order valence-electron chi connectivity index (χ4n) is 2.88. The van der Waals surface area contributed by atoms with Crippen molar-refractivity contribution in [2.75, 3.05) is 6.54 Å². The summed E-state index contributed by atoms with van der Waals surface area (Å²) >= 11 is 0. The number of aromatic nitrogens is 2. The van der Waals surface area contributed by atoms with E-state index < -0.39 is 16.0 Å². The molecule has 1 aromatic carbocycles. The third kappa shape index (κ3) is 2.64. The van der Waals surface area contributed by atoms with E-state index in [1.165, 1.54) is 4.31 Å². The van der Waals surface area contributed by atoms with Gasteiger partial charge in [-0.2, -0.15) is 9.40 Å². The quantitative estimate of drug-likeness (QED) is 0.884. The van der Waals surface area contributed by atoms with Gasteiger partial charge in [0.05, 0.1) is 4.90 Å². The molecule has 0 atom stereocenters. The zero-order chi connectivity index (χ0) is 16.8. The molecule has 122 valence electrons. The highest BCUT2D eigenvalue weighted by Crippen LogP contribution is 2.27. The molecule has 7 nitrogen and oxygen atoms in total. The van der Waals surface area contributed by atoms with Crippen molar-refractivity contribution >= 4 is 16.0 Å². The Labute approximate surface area is 134 Å². The van der Waals surface area contributed by atoms with Crippen molar-refractivity contribution in [1.29, 1.82) is 0 Å². The second-order valence-electron chi connectivity index (χ2n) is 5.69. The number of H-pyrrole nitrogens is 1. The maximum absolute atomic E-state index is 12.9. The Balaban J connectivity index is 1.99. The summed E-state index contributed by atoms with van der Waals surface area (Å²) in [5, 5.41) is 15.6. The summed E-state index contributed by atoms with van der Waals surface area (Å²) in [6.45, 7) is 3.98. The first-order valence-corrected chi connectivity index (χ1v) is 8.61. The van der Waals surface area contributed by atoms with Crippen LogP contribution in [0.25, 0.3) is 0 Å². The smallest absolute Gasteiger partial charge is 0.356 e. The molecule has 0 aliphatic carbocycles. The SMILES string of the molecule is Cc1ccc(S(=O)(=O)N2CCc3[nH]nc(C(=O)O)c3C2)c(C)c1. The molecule has 1 aliphatic heterocycles. The van der Waals surface area contributed by atoms with Crippen molar-refractivity contribution in [3.05, 3.63) is 46.3 Å². The number of carboxylic acids is 1. The van der Waals surface area contributed by atoms with E-state index in [0.717, 1.165) is 5.56 Å². The largest absolute Gasteiger partial charge is 0.476 e. The second-order valence-corrected chi connectivity index (χ2v) is 7.60. The van der Waals surface area contributed by atoms with Crippen LogP contribution in [-0.2, 0) is 23.0 Å². The van der Waals surface area contributed by atoms with Crippen LogP contribution in [0.5, 0.6) is 0 Å². The molecule has 0 spiro atoms. The summed E-state index contributed by atoms with van der Waals surface area (Å²) in [6, 6.07) is 5.18. The van der Waals surface area contributed by atoms with Crippen LogP contribution in [0.3, 0.4) is 0 Å². The minimum Gasteiger partial charge on any atom is -0.476 e. The zero-order valence-corrected chi connectivity index (χ0v) is 13.6. The number of sulfonamides is 1. The number of hydrogen-bond donors (Lipinski definition) is 2. The Morgan fingerprint density at radius 3 is 2.74 bits per heavy atom. The average Bonchev–Trinajstić information content (AvgIpc) is 2.89. The van der Waals surface area contributed by atoms with E-state index >= 15 is 0 Å². The zero-order valence-electron chi connectivity index (χ0n) is 12.8. The lowest BCUT2D eigenvalue weighted by molar-refractivity contribution is 0.0688. The van der Waals surface area contributed by atoms with Crippen LogP contribution in [-0.4, -0.2) is 40.5 Å². The van der Waals surface area contributed by atoms with Crippen LogP contribution in [0.4, 0.5) is 0 Å². The van der Waals surface area contributed by atoms with Crippen LogP contribution >= 0.6 is 0 Å². The predicted octanol–water partition coefficient (Wildman–Crippen LogP) is 1.47. The first-order valence-electron chi connectivity index (χ1n) is 7.17. The van der Waals surface area contributed by atoms with E-state index in [9.17, 15) is 13.2 Å². The molecule has 2 heterocycles. The Morgan fingerprint density at radius 2 is 2.09 bits per heavy atom. The van der Waals surface area contributed by atoms with Crippen molar-refractivity contribution in [3.63, 3.8) is 0 Å². The molecule has 0 amide bonds. The minimum atomic E-state index is -3.67. The van der Waals surface area contributed by atoms with E-state index in [4.69, 9.17) is 5.11 Å². The van der Waals surface area contributed by atoms with Crippen LogP contribution in [0.1, 0.15) is 32.9 Å². The van der Waals surface area contributed by atoms with Crippen molar-refractivity contribution in [2.24, 2.45) is 0 Å². The van der Waals surface area contributed by atoms with Gasteiger partial charge in [0.25, 0.3) is 0 Å². The summed E-state index contributed by atoms with van der Waals surface area (Å²) < 4.78 is 27.1. The van der Waals surface area contributed by atoms with Gasteiger partial charge in [-0.25, -0.2) is 13.2 Å². The number of aryl methyl sites for hydroxylation is 2. The molecule has 8 heteroatoms. The Bertz CT molecular complexity index is 886. The Morgan fingerprint density at radius 1 is 1.35 bits per heavy atom. The maximum atomic E-state index is 12.9. The highest BCUT2D eigenvalue weighted by Gasteiger charge is 2.33. The highest BCUT2D eigenvalue weighted by molar-refractivity contribution is 7.89. The number of nitrogens with one attached hydrogen (secondary N) is 1. The number of hydrogen-bond acceptors (Lipinski definition) is 4. The summed E-state index contributed by atoms with van der Waals surface area (Å²) in [5.41, 5.74) is 2.69. The number of aromatic amines is 1. The van der Waals surface area contributed by atoms with Crippen LogP contribution in [0.2, 0.25) is 0 Å². The van der Waals surface area contributed by atoms with Gasteiger partial charge in [-0.1, -0.05) is 17.7 Å². The van der Waals surface area contributed by atoms with Gasteiger partial charge in [0.2, 0.25) is 10.0 Å². The van der Waals surface area contributed by atoms with Crippen molar-refractivity contribution in [1.82, 2.24) is 14.5 Å². The van der Waals surface area contributed by atoms with Crippen molar-refractivity contribution < 1.29 is 18.3 Å². The number of rotatable bonds is 3. The van der Waals surface area contributed by atoms with Crippen LogP contribution in [0, 0.1) is 13.8 Å². The van der Waals surface area contributed by atoms with Gasteiger partial charge in [-0.15, -0.1) is 0 Å². The molecule has 2 N–H and O–H groups in total. The number of benzene rings is 1. The molecular formula is C15H17N3O4S. The Kier molecular flexibility index (Phi) is 3.73. The molecule has 0 unspecified atom stereocenters. The van der Waals surface area contributed by atoms with Crippen molar-refractivity contribution in [2.45, 2.75) is 31.7 Å². The molecule has 3 rings (SSSR count). The van der Waals surface area contributed by atoms with Crippen LogP contribution < -0.4 is 0 Å². The second kappa shape index (κ2) is 5.47. The summed E-state index contributed by atoms with van der Waals surface area (Å²) in [6.07, 6.45) is 0.416. The molecule has 0 radical (unpaired) electrons. The van der Waals surface area contributed by atoms with Gasteiger partial charge in [-0.3, -0.25) is 5.10 Å². The van der Waals surface area contributed by atoms with Gasteiger partial charge in [0.15, 0.2) is 5.69 Å². The third-order valence-corrected chi connectivity index (χ3v) is 6.05. The van der Waals surface area contributed by atoms with Gasteiger partial charge >= 0.3 is 5.97 Å². The number of fused-ring (bicyclic) bond motifs is 1. The van der Waals surface area contributed by atoms with E-state index in [0.29, 0.717) is 29.8 Å². The third-order valence-electron chi connectivity index (χ3n) is 4.05. The topological polar surface area (TPSA) is 103 Å². The average molecular weight is 335 g/mol. The maximum Gasteiger partial charge on any atom is 0.356 e. The fraction of sp³-hybridized carbons (Fsp3) is 0.333. The van der Waals surface area contributed by atoms with E-state index in [1.807, 2.05) is 13.0 Å². The molecular weight excluding hydrogens is 318 g/mol. The molecule has 1 aliphatic rings. The molecule has 0 saturated heterocycles. The number of aromatic carboxylic acids is 1. The lowest BCUT2D eigenvalue weighted by Gasteiger charge is -2.26. The number of carboxylic acid groups (broad SMARTS) is 1. The van der Waals surface area contributed by atoms with E-state index in [1.54, 1.807) is 19.1 Å². The Hall–Kier alpha value is -2.19. The fourth-order valence-corrected chi connectivity index (χ4v) is 4.49. The van der Waals surface area contributed by atoms with Gasteiger partial charge in [-0.05, 0) is 25.5 Å². The standard InChI is InChI=1S/C15H17N3O4S/c1-9-3-4-13(10(2)7-9)23(21,22)18-6-5-12-11(8-18)14(15(19)20)17-16-12/h3-4,7H,5-6,8H2,1-2H3,(H,16,17)(H,19,20). The molecule has 23 heavy (non-hydrogen) atoms. The van der Waals surface area contributed by atoms with Gasteiger partial charge < -0.3 is 5.11 Å². The molecule has 0 saturated carbocycles. The summed E-state index contributed by atoms with van der Waals surface area (Å²) in [4.78, 5) is 11.5. The lowest BCUT2D eigenvalue weighted by atomic mass is 10.1. The number of nitrogens with zero attached hydrogens (tertiary/aromatic N) is 2. The van der Waals surface area contributed by atoms with Crippen LogP contribution in [0.15, 0.2) is 23.1 Å². The first-order chi connectivity index (χ1) is 10.8. The normalized spacial score (nSPS) is 15.4. The molecule has 0 bridgehead atoms. The summed E-state index contributed by atoms with van der Waals surface area (Å²) in [7, 11) is -3.67. The van der Waals surface area contributed by atoms with E-state index in [2.05, 4.69) is 10.2 Å². The minimum absolute atomic E-state index is 0.0170. The van der Waals surface area contributed by atoms with E-state index in [-0.39, 0.29) is 17.1 Å². The lowest BCUT2D eigenvalue weighted by Crippen LogP contribution is -2.36. The van der Waals surface area contributed by atoms with Gasteiger partial charge in [0, 0.05) is 30.8 Å². The monoisotopic (exact) mass is 335 g/mol. The molecule has 2 aromatic rings. The number of carbonyl (C=O) groups is 1. The van der Waals surface area contributed by atoms with Gasteiger partial charge in [0.1, 0.15) is 0 Å². The highest BCUT2D eigenvalue weighted by atomic mass is 32.2. The predicted molar refractivity (Wildman–Crippen MR) is 82.8 cm³/mol.